The highest BCUT2D eigenvalue weighted by atomic mass is 19.1. The molecular weight excluding hydrogens is 311 g/mol. The van der Waals surface area contributed by atoms with Gasteiger partial charge in [-0.3, -0.25) is 9.59 Å². The molecule has 0 saturated heterocycles. The number of aliphatic hydroxyl groups excluding tert-OH is 1. The molecule has 0 saturated carbocycles. The number of carbonyl (C=O) groups excluding carboxylic acids is 1. The summed E-state index contributed by atoms with van der Waals surface area (Å²) in [6, 6.07) is 9.04. The molecule has 1 aromatic carbocycles. The Morgan fingerprint density at radius 2 is 1.92 bits per heavy atom. The predicted molar refractivity (Wildman–Crippen MR) is 90.3 cm³/mol. The van der Waals surface area contributed by atoms with Gasteiger partial charge in [-0.15, -0.1) is 0 Å². The molecule has 0 spiro atoms. The second-order valence-electron chi connectivity index (χ2n) is 6.05. The first-order valence-corrected chi connectivity index (χ1v) is 7.78. The summed E-state index contributed by atoms with van der Waals surface area (Å²) in [5, 5.41) is 12.3. The summed E-state index contributed by atoms with van der Waals surface area (Å²) in [4.78, 5) is 24.3. The topological polar surface area (TPSA) is 71.3 Å². The smallest absolute Gasteiger partial charge is 0.274 e. The van der Waals surface area contributed by atoms with Gasteiger partial charge in [0.25, 0.3) is 5.56 Å². The van der Waals surface area contributed by atoms with Crippen molar-refractivity contribution in [1.82, 2.24) is 4.57 Å². The fourth-order valence-corrected chi connectivity index (χ4v) is 2.17. The average molecular weight is 332 g/mol. The maximum absolute atomic E-state index is 12.9. The molecule has 1 aromatic heterocycles. The van der Waals surface area contributed by atoms with E-state index in [4.69, 9.17) is 0 Å². The van der Waals surface area contributed by atoms with E-state index in [0.29, 0.717) is 0 Å². The largest absolute Gasteiger partial charge is 0.392 e. The molecule has 1 unspecified atom stereocenters. The molecule has 0 radical (unpaired) electrons. The zero-order valence-electron chi connectivity index (χ0n) is 13.7. The van der Waals surface area contributed by atoms with Gasteiger partial charge in [-0.2, -0.15) is 0 Å². The number of pyridine rings is 1. The Bertz CT molecular complexity index is 754. The maximum Gasteiger partial charge on any atom is 0.274 e. The molecule has 0 bridgehead atoms. The number of aliphatic hydroxyl groups is 1. The third-order valence-corrected chi connectivity index (χ3v) is 3.72. The van der Waals surface area contributed by atoms with Crippen LogP contribution >= 0.6 is 0 Å². The van der Waals surface area contributed by atoms with E-state index in [9.17, 15) is 19.1 Å². The highest BCUT2D eigenvalue weighted by Crippen LogP contribution is 2.09. The van der Waals surface area contributed by atoms with Crippen molar-refractivity contribution in [2.45, 2.75) is 32.9 Å². The normalized spacial score (nSPS) is 12.2. The third kappa shape index (κ3) is 4.76. The summed E-state index contributed by atoms with van der Waals surface area (Å²) in [5.74, 6) is -0.787. The van der Waals surface area contributed by atoms with Crippen molar-refractivity contribution in [2.24, 2.45) is 5.92 Å². The summed E-state index contributed by atoms with van der Waals surface area (Å²) in [6.07, 6.45) is 0.781. The standard InChI is InChI=1S/C18H21FN2O3/c1-12(2)16(22)10-17(23)20-15-4-3-9-21(18(15)24)11-13-5-7-14(19)8-6-13/h3-9,12,16,22H,10-11H2,1-2H3,(H,20,23). The lowest BCUT2D eigenvalue weighted by Gasteiger charge is -2.14. The Balaban J connectivity index is 2.11. The van der Waals surface area contributed by atoms with Gasteiger partial charge in [0.1, 0.15) is 11.5 Å². The van der Waals surface area contributed by atoms with Crippen LogP contribution in [-0.2, 0) is 11.3 Å². The van der Waals surface area contributed by atoms with Crippen molar-refractivity contribution in [3.8, 4) is 0 Å². The van der Waals surface area contributed by atoms with Crippen molar-refractivity contribution >= 4 is 11.6 Å². The van der Waals surface area contributed by atoms with Crippen molar-refractivity contribution < 1.29 is 14.3 Å². The van der Waals surface area contributed by atoms with E-state index in [-0.39, 0.29) is 35.9 Å². The summed E-state index contributed by atoms with van der Waals surface area (Å²) >= 11 is 0. The maximum atomic E-state index is 12.9. The minimum absolute atomic E-state index is 0.0401. The SMILES string of the molecule is CC(C)C(O)CC(=O)Nc1cccn(Cc2ccc(F)cc2)c1=O. The first-order chi connectivity index (χ1) is 11.4. The Kier molecular flexibility index (Phi) is 5.87. The monoisotopic (exact) mass is 332 g/mol. The number of hydrogen-bond acceptors (Lipinski definition) is 3. The molecule has 1 amide bonds. The number of benzene rings is 1. The Morgan fingerprint density at radius 1 is 1.25 bits per heavy atom. The van der Waals surface area contributed by atoms with Crippen LogP contribution in [0.1, 0.15) is 25.8 Å². The van der Waals surface area contributed by atoms with Crippen LogP contribution in [0.4, 0.5) is 10.1 Å². The summed E-state index contributed by atoms with van der Waals surface area (Å²) < 4.78 is 14.4. The number of hydrogen-bond donors (Lipinski definition) is 2. The van der Waals surface area contributed by atoms with Gasteiger partial charge in [0.05, 0.1) is 19.1 Å². The average Bonchev–Trinajstić information content (AvgIpc) is 2.53. The molecule has 1 atom stereocenters. The first-order valence-electron chi connectivity index (χ1n) is 7.78. The van der Waals surface area contributed by atoms with Gasteiger partial charge >= 0.3 is 0 Å². The minimum Gasteiger partial charge on any atom is -0.392 e. The van der Waals surface area contributed by atoms with Crippen LogP contribution in [0.3, 0.4) is 0 Å². The Labute approximate surface area is 139 Å². The van der Waals surface area contributed by atoms with Crippen LogP contribution in [0.2, 0.25) is 0 Å². The third-order valence-electron chi connectivity index (χ3n) is 3.72. The molecule has 5 nitrogen and oxygen atoms in total. The van der Waals surface area contributed by atoms with Crippen LogP contribution in [0.5, 0.6) is 0 Å². The van der Waals surface area contributed by atoms with E-state index < -0.39 is 12.0 Å². The molecule has 6 heteroatoms. The fraction of sp³-hybridized carbons (Fsp3) is 0.333. The van der Waals surface area contributed by atoms with E-state index >= 15 is 0 Å². The van der Waals surface area contributed by atoms with Crippen LogP contribution in [-0.4, -0.2) is 21.7 Å². The number of nitrogens with one attached hydrogen (secondary N) is 1. The fourth-order valence-electron chi connectivity index (χ4n) is 2.17. The molecular formula is C18H21FN2O3. The zero-order chi connectivity index (χ0) is 17.7. The van der Waals surface area contributed by atoms with Gasteiger partial charge in [-0.25, -0.2) is 4.39 Å². The summed E-state index contributed by atoms with van der Waals surface area (Å²) in [6.45, 7) is 3.91. The zero-order valence-corrected chi connectivity index (χ0v) is 13.7. The lowest BCUT2D eigenvalue weighted by atomic mass is 10.0. The van der Waals surface area contributed by atoms with Crippen molar-refractivity contribution in [1.29, 1.82) is 0 Å². The van der Waals surface area contributed by atoms with Gasteiger partial charge in [0.2, 0.25) is 5.91 Å². The van der Waals surface area contributed by atoms with Crippen LogP contribution in [0.25, 0.3) is 0 Å². The molecule has 2 N–H and O–H groups in total. The lowest BCUT2D eigenvalue weighted by molar-refractivity contribution is -0.118. The van der Waals surface area contributed by atoms with Crippen molar-refractivity contribution in [3.63, 3.8) is 0 Å². The van der Waals surface area contributed by atoms with Gasteiger partial charge < -0.3 is 15.0 Å². The summed E-state index contributed by atoms with van der Waals surface area (Å²) in [7, 11) is 0. The van der Waals surface area contributed by atoms with Gasteiger partial charge in [-0.1, -0.05) is 26.0 Å². The van der Waals surface area contributed by atoms with E-state index in [0.717, 1.165) is 5.56 Å². The van der Waals surface area contributed by atoms with Gasteiger partial charge in [0, 0.05) is 6.20 Å². The van der Waals surface area contributed by atoms with E-state index in [1.54, 1.807) is 24.4 Å². The number of rotatable bonds is 6. The van der Waals surface area contributed by atoms with Crippen LogP contribution < -0.4 is 10.9 Å². The van der Waals surface area contributed by atoms with Crippen molar-refractivity contribution in [3.05, 3.63) is 64.3 Å². The van der Waals surface area contributed by atoms with Crippen molar-refractivity contribution in [2.75, 3.05) is 5.32 Å². The first kappa shape index (κ1) is 17.9. The van der Waals surface area contributed by atoms with E-state index in [1.165, 1.54) is 22.8 Å². The number of nitrogens with zero attached hydrogens (tertiary/aromatic N) is 1. The molecule has 1 heterocycles. The Morgan fingerprint density at radius 3 is 2.54 bits per heavy atom. The molecule has 2 rings (SSSR count). The lowest BCUT2D eigenvalue weighted by Crippen LogP contribution is -2.28. The number of anilines is 1. The number of aromatic nitrogens is 1. The van der Waals surface area contributed by atoms with Gasteiger partial charge in [-0.05, 0) is 35.7 Å². The molecule has 0 aliphatic rings. The highest BCUT2D eigenvalue weighted by Gasteiger charge is 2.15. The number of amides is 1. The quantitative estimate of drug-likeness (QED) is 0.853. The molecule has 0 fully saturated rings. The molecule has 2 aromatic rings. The van der Waals surface area contributed by atoms with Crippen LogP contribution in [0.15, 0.2) is 47.4 Å². The molecule has 0 aliphatic carbocycles. The molecule has 128 valence electrons. The van der Waals surface area contributed by atoms with Gasteiger partial charge in [0.15, 0.2) is 0 Å². The molecule has 24 heavy (non-hydrogen) atoms. The highest BCUT2D eigenvalue weighted by molar-refractivity contribution is 5.90. The second kappa shape index (κ2) is 7.88. The summed E-state index contributed by atoms with van der Waals surface area (Å²) in [5.41, 5.74) is 0.576. The van der Waals surface area contributed by atoms with Crippen LogP contribution in [0, 0.1) is 11.7 Å². The minimum atomic E-state index is -0.754. The number of carbonyl (C=O) groups is 1. The number of halogens is 1. The van der Waals surface area contributed by atoms with E-state index in [2.05, 4.69) is 5.32 Å². The molecule has 0 aliphatic heterocycles. The van der Waals surface area contributed by atoms with E-state index in [1.807, 2.05) is 13.8 Å². The second-order valence-corrected chi connectivity index (χ2v) is 6.05. The predicted octanol–water partition coefficient (Wildman–Crippen LogP) is 2.38. The Hall–Kier alpha value is -2.47.